The number of hydrogen-bond donors (Lipinski definition) is 1. The van der Waals surface area contributed by atoms with E-state index in [2.05, 4.69) is 0 Å². The van der Waals surface area contributed by atoms with Crippen LogP contribution in [0.25, 0.3) is 0 Å². The van der Waals surface area contributed by atoms with Gasteiger partial charge in [-0.25, -0.2) is 0 Å². The van der Waals surface area contributed by atoms with Gasteiger partial charge in [-0.2, -0.15) is 0 Å². The second-order valence-corrected chi connectivity index (χ2v) is 5.14. The van der Waals surface area contributed by atoms with Crippen molar-refractivity contribution < 1.29 is 19.4 Å². The highest BCUT2D eigenvalue weighted by atomic mass is 16.5. The number of carbonyl (C=O) groups is 1. The lowest BCUT2D eigenvalue weighted by molar-refractivity contribution is -0.144. The van der Waals surface area contributed by atoms with Crippen LogP contribution in [0.4, 0.5) is 0 Å². The number of ether oxygens (including phenoxy) is 2. The number of piperidine rings is 1. The molecule has 21 heavy (non-hydrogen) atoms. The fourth-order valence-corrected chi connectivity index (χ4v) is 2.62. The van der Waals surface area contributed by atoms with E-state index in [1.807, 2.05) is 36.1 Å². The molecule has 0 aliphatic carbocycles. The monoisotopic (exact) mass is 293 g/mol. The third-order valence-electron chi connectivity index (χ3n) is 3.68. The van der Waals surface area contributed by atoms with Crippen molar-refractivity contribution in [1.29, 1.82) is 0 Å². The smallest absolute Gasteiger partial charge is 0.320 e. The van der Waals surface area contributed by atoms with Crippen LogP contribution in [0.5, 0.6) is 11.5 Å². The molecule has 1 unspecified atom stereocenters. The third-order valence-corrected chi connectivity index (χ3v) is 3.68. The van der Waals surface area contributed by atoms with Crippen molar-refractivity contribution in [3.05, 3.63) is 24.3 Å². The minimum Gasteiger partial charge on any atom is -0.494 e. The minimum atomic E-state index is -0.726. The van der Waals surface area contributed by atoms with Crippen LogP contribution in [0, 0.1) is 0 Å². The van der Waals surface area contributed by atoms with Crippen LogP contribution in [-0.2, 0) is 4.79 Å². The first-order chi connectivity index (χ1) is 10.2. The predicted octanol–water partition coefficient (Wildman–Crippen LogP) is 2.40. The Hall–Kier alpha value is -1.75. The van der Waals surface area contributed by atoms with E-state index in [4.69, 9.17) is 9.47 Å². The molecule has 1 N–H and O–H groups in total. The molecule has 0 bridgehead atoms. The Morgan fingerprint density at radius 1 is 1.24 bits per heavy atom. The van der Waals surface area contributed by atoms with Crippen LogP contribution in [0.15, 0.2) is 24.3 Å². The lowest BCUT2D eigenvalue weighted by Gasteiger charge is -2.32. The molecule has 0 amide bonds. The van der Waals surface area contributed by atoms with Crippen molar-refractivity contribution in [2.24, 2.45) is 0 Å². The summed E-state index contributed by atoms with van der Waals surface area (Å²) in [5, 5.41) is 9.21. The summed E-state index contributed by atoms with van der Waals surface area (Å²) in [6.45, 7) is 4.57. The van der Waals surface area contributed by atoms with Crippen LogP contribution >= 0.6 is 0 Å². The standard InChI is InChI=1S/C16H23NO4/c1-2-20-13-6-8-14(9-7-13)21-12-11-17-10-4-3-5-15(17)16(18)19/h6-9,15H,2-5,10-12H2,1H3,(H,18,19). The van der Waals surface area contributed by atoms with Crippen molar-refractivity contribution in [2.45, 2.75) is 32.2 Å². The van der Waals surface area contributed by atoms with Gasteiger partial charge in [0.05, 0.1) is 6.61 Å². The van der Waals surface area contributed by atoms with Gasteiger partial charge in [-0.05, 0) is 50.6 Å². The molecule has 1 aromatic rings. The Kier molecular flexibility index (Phi) is 5.87. The van der Waals surface area contributed by atoms with Crippen LogP contribution in [-0.4, -0.2) is 48.3 Å². The zero-order valence-corrected chi connectivity index (χ0v) is 12.5. The molecule has 1 atom stereocenters. The van der Waals surface area contributed by atoms with Crippen LogP contribution < -0.4 is 9.47 Å². The lowest BCUT2D eigenvalue weighted by atomic mass is 10.0. The van der Waals surface area contributed by atoms with Gasteiger partial charge in [0, 0.05) is 6.54 Å². The Morgan fingerprint density at radius 2 is 1.90 bits per heavy atom. The molecule has 5 heteroatoms. The molecule has 5 nitrogen and oxygen atoms in total. The van der Waals surface area contributed by atoms with Crippen molar-refractivity contribution in [3.63, 3.8) is 0 Å². The molecular formula is C16H23NO4. The predicted molar refractivity (Wildman–Crippen MR) is 80.0 cm³/mol. The molecule has 2 rings (SSSR count). The normalized spacial score (nSPS) is 19.2. The van der Waals surface area contributed by atoms with E-state index < -0.39 is 5.97 Å². The molecule has 1 aliphatic rings. The maximum absolute atomic E-state index is 11.2. The molecule has 0 radical (unpaired) electrons. The Bertz CT molecular complexity index is 446. The van der Waals surface area contributed by atoms with Crippen LogP contribution in [0.3, 0.4) is 0 Å². The second kappa shape index (κ2) is 7.88. The first-order valence-corrected chi connectivity index (χ1v) is 7.53. The molecule has 0 saturated carbocycles. The highest BCUT2D eigenvalue weighted by Crippen LogP contribution is 2.19. The Morgan fingerprint density at radius 3 is 2.52 bits per heavy atom. The van der Waals surface area contributed by atoms with E-state index >= 15 is 0 Å². The Balaban J connectivity index is 1.78. The van der Waals surface area contributed by atoms with E-state index in [1.54, 1.807) is 0 Å². The molecule has 0 spiro atoms. The number of nitrogens with zero attached hydrogens (tertiary/aromatic N) is 1. The topological polar surface area (TPSA) is 59.0 Å². The number of carboxylic acids is 1. The summed E-state index contributed by atoms with van der Waals surface area (Å²) in [5.74, 6) is 0.880. The number of likely N-dealkylation sites (tertiary alicyclic amines) is 1. The quantitative estimate of drug-likeness (QED) is 0.836. The second-order valence-electron chi connectivity index (χ2n) is 5.14. The molecule has 1 aliphatic heterocycles. The molecule has 116 valence electrons. The summed E-state index contributed by atoms with van der Waals surface area (Å²) in [4.78, 5) is 13.2. The van der Waals surface area contributed by atoms with E-state index in [0.29, 0.717) is 19.8 Å². The van der Waals surface area contributed by atoms with Crippen LogP contribution in [0.2, 0.25) is 0 Å². The summed E-state index contributed by atoms with van der Waals surface area (Å²) in [7, 11) is 0. The zero-order valence-electron chi connectivity index (χ0n) is 12.5. The first kappa shape index (κ1) is 15.6. The van der Waals surface area contributed by atoms with Gasteiger partial charge in [-0.3, -0.25) is 9.69 Å². The van der Waals surface area contributed by atoms with Crippen molar-refractivity contribution in [2.75, 3.05) is 26.3 Å². The average Bonchev–Trinajstić information content (AvgIpc) is 2.50. The number of benzene rings is 1. The molecule has 0 aromatic heterocycles. The maximum atomic E-state index is 11.2. The van der Waals surface area contributed by atoms with Crippen LogP contribution in [0.1, 0.15) is 26.2 Å². The van der Waals surface area contributed by atoms with Crippen molar-refractivity contribution in [3.8, 4) is 11.5 Å². The SMILES string of the molecule is CCOc1ccc(OCCN2CCCCC2C(=O)O)cc1. The lowest BCUT2D eigenvalue weighted by Crippen LogP contribution is -2.46. The zero-order chi connectivity index (χ0) is 15.1. The fourth-order valence-electron chi connectivity index (χ4n) is 2.62. The molecule has 1 saturated heterocycles. The molecule has 1 fully saturated rings. The van der Waals surface area contributed by atoms with Gasteiger partial charge < -0.3 is 14.6 Å². The average molecular weight is 293 g/mol. The number of hydrogen-bond acceptors (Lipinski definition) is 4. The van der Waals surface area contributed by atoms with Gasteiger partial charge in [-0.15, -0.1) is 0 Å². The molecule has 1 aromatic carbocycles. The van der Waals surface area contributed by atoms with E-state index in [0.717, 1.165) is 37.3 Å². The van der Waals surface area contributed by atoms with E-state index in [-0.39, 0.29) is 6.04 Å². The van der Waals surface area contributed by atoms with Gasteiger partial charge in [0.25, 0.3) is 0 Å². The fraction of sp³-hybridized carbons (Fsp3) is 0.562. The van der Waals surface area contributed by atoms with Crippen molar-refractivity contribution in [1.82, 2.24) is 4.90 Å². The third kappa shape index (κ3) is 4.63. The van der Waals surface area contributed by atoms with Gasteiger partial charge in [0.1, 0.15) is 24.1 Å². The highest BCUT2D eigenvalue weighted by molar-refractivity contribution is 5.73. The number of rotatable bonds is 7. The van der Waals surface area contributed by atoms with E-state index in [9.17, 15) is 9.90 Å². The summed E-state index contributed by atoms with van der Waals surface area (Å²) in [5.41, 5.74) is 0. The highest BCUT2D eigenvalue weighted by Gasteiger charge is 2.27. The minimum absolute atomic E-state index is 0.359. The van der Waals surface area contributed by atoms with Gasteiger partial charge in [-0.1, -0.05) is 6.42 Å². The number of carboxylic acid groups (broad SMARTS) is 1. The maximum Gasteiger partial charge on any atom is 0.320 e. The Labute approximate surface area is 125 Å². The summed E-state index contributed by atoms with van der Waals surface area (Å²) in [6, 6.07) is 7.13. The number of aliphatic carboxylic acids is 1. The van der Waals surface area contributed by atoms with Gasteiger partial charge in [0.15, 0.2) is 0 Å². The van der Waals surface area contributed by atoms with Gasteiger partial charge >= 0.3 is 5.97 Å². The molecular weight excluding hydrogens is 270 g/mol. The summed E-state index contributed by atoms with van der Waals surface area (Å²) in [6.07, 6.45) is 2.79. The van der Waals surface area contributed by atoms with Gasteiger partial charge in [0.2, 0.25) is 0 Å². The first-order valence-electron chi connectivity index (χ1n) is 7.53. The van der Waals surface area contributed by atoms with E-state index in [1.165, 1.54) is 0 Å². The van der Waals surface area contributed by atoms with Crippen molar-refractivity contribution >= 4 is 5.97 Å². The largest absolute Gasteiger partial charge is 0.494 e. The summed E-state index contributed by atoms with van der Waals surface area (Å²) >= 11 is 0. The summed E-state index contributed by atoms with van der Waals surface area (Å²) < 4.78 is 11.1. The molecule has 1 heterocycles.